The van der Waals surface area contributed by atoms with Crippen LogP contribution in [0.4, 0.5) is 5.69 Å². The van der Waals surface area contributed by atoms with Gasteiger partial charge in [0.2, 0.25) is 5.91 Å². The molecule has 0 bridgehead atoms. The number of rotatable bonds is 7. The molecule has 0 aliphatic rings. The lowest BCUT2D eigenvalue weighted by Crippen LogP contribution is -2.39. The number of anilines is 1. The molecule has 0 saturated carbocycles. The van der Waals surface area contributed by atoms with Crippen molar-refractivity contribution in [2.45, 2.75) is 26.3 Å². The van der Waals surface area contributed by atoms with E-state index in [1.54, 1.807) is 24.3 Å². The van der Waals surface area contributed by atoms with Crippen LogP contribution in [0.25, 0.3) is 0 Å². The largest absolute Gasteiger partial charge is 0.352 e. The van der Waals surface area contributed by atoms with Gasteiger partial charge in [-0.15, -0.1) is 12.4 Å². The number of hydrogen-bond donors (Lipinski definition) is 3. The number of carbonyl (C=O) groups excluding carboxylic acids is 2. The van der Waals surface area contributed by atoms with E-state index in [0.29, 0.717) is 17.8 Å². The Morgan fingerprint density at radius 2 is 1.62 bits per heavy atom. The molecule has 26 heavy (non-hydrogen) atoms. The highest BCUT2D eigenvalue weighted by molar-refractivity contribution is 5.97. The summed E-state index contributed by atoms with van der Waals surface area (Å²) in [5.74, 6) is -0.294. The summed E-state index contributed by atoms with van der Waals surface area (Å²) in [5, 5.41) is 5.65. The molecule has 6 heteroatoms. The summed E-state index contributed by atoms with van der Waals surface area (Å²) in [7, 11) is 0. The van der Waals surface area contributed by atoms with Gasteiger partial charge in [-0.3, -0.25) is 9.59 Å². The summed E-state index contributed by atoms with van der Waals surface area (Å²) in [5.41, 5.74) is 8.18. The first-order chi connectivity index (χ1) is 12.0. The van der Waals surface area contributed by atoms with Crippen LogP contribution in [0.1, 0.15) is 29.8 Å². The lowest BCUT2D eigenvalue weighted by Gasteiger charge is -2.15. The maximum absolute atomic E-state index is 12.1. The number of halogens is 1. The van der Waals surface area contributed by atoms with Gasteiger partial charge in [-0.2, -0.15) is 0 Å². The molecule has 0 heterocycles. The number of amides is 2. The third-order valence-electron chi connectivity index (χ3n) is 3.98. The Labute approximate surface area is 160 Å². The van der Waals surface area contributed by atoms with Crippen molar-refractivity contribution in [3.8, 4) is 0 Å². The molecule has 2 aromatic rings. The zero-order valence-corrected chi connectivity index (χ0v) is 15.9. The van der Waals surface area contributed by atoms with Crippen LogP contribution in [0.3, 0.4) is 0 Å². The van der Waals surface area contributed by atoms with Gasteiger partial charge in [0.05, 0.1) is 6.04 Å². The van der Waals surface area contributed by atoms with Gasteiger partial charge in [-0.1, -0.05) is 44.2 Å². The molecule has 5 nitrogen and oxygen atoms in total. The van der Waals surface area contributed by atoms with Crippen LogP contribution in [0, 0.1) is 5.92 Å². The van der Waals surface area contributed by atoms with Crippen LogP contribution >= 0.6 is 12.4 Å². The maximum Gasteiger partial charge on any atom is 0.251 e. The summed E-state index contributed by atoms with van der Waals surface area (Å²) >= 11 is 0. The van der Waals surface area contributed by atoms with Gasteiger partial charge in [0.15, 0.2) is 0 Å². The molecule has 0 aromatic heterocycles. The van der Waals surface area contributed by atoms with E-state index in [2.05, 4.69) is 10.6 Å². The lowest BCUT2D eigenvalue weighted by atomic mass is 10.0. The molecule has 1 atom stereocenters. The molecule has 0 aliphatic carbocycles. The number of benzene rings is 2. The summed E-state index contributed by atoms with van der Waals surface area (Å²) in [6.07, 6.45) is 0.786. The highest BCUT2D eigenvalue weighted by Crippen LogP contribution is 2.11. The normalized spacial score (nSPS) is 11.4. The molecule has 4 N–H and O–H groups in total. The van der Waals surface area contributed by atoms with Crippen molar-refractivity contribution >= 4 is 29.9 Å². The molecule has 2 amide bonds. The van der Waals surface area contributed by atoms with E-state index in [1.165, 1.54) is 5.56 Å². The van der Waals surface area contributed by atoms with Crippen molar-refractivity contribution in [2.24, 2.45) is 11.7 Å². The van der Waals surface area contributed by atoms with E-state index in [0.717, 1.165) is 6.42 Å². The van der Waals surface area contributed by atoms with Crippen LogP contribution in [0.15, 0.2) is 54.6 Å². The van der Waals surface area contributed by atoms with Crippen molar-refractivity contribution in [3.05, 3.63) is 65.7 Å². The Hall–Kier alpha value is -2.37. The fourth-order valence-corrected chi connectivity index (χ4v) is 2.30. The quantitative estimate of drug-likeness (QED) is 0.695. The van der Waals surface area contributed by atoms with E-state index in [1.807, 2.05) is 44.2 Å². The standard InChI is InChI=1S/C20H25N3O2.ClH/c1-14(2)18(21)20(25)23-17-10-8-16(9-11-17)19(24)22-13-12-15-6-4-3-5-7-15;/h3-11,14,18H,12-13,21H2,1-2H3,(H,22,24)(H,23,25);1H/t18-;/m0./s1. The summed E-state index contributed by atoms with van der Waals surface area (Å²) in [4.78, 5) is 24.1. The smallest absolute Gasteiger partial charge is 0.251 e. The first kappa shape index (κ1) is 21.7. The third kappa shape index (κ3) is 6.50. The van der Waals surface area contributed by atoms with Crippen molar-refractivity contribution < 1.29 is 9.59 Å². The van der Waals surface area contributed by atoms with Gasteiger partial charge in [0.1, 0.15) is 0 Å². The van der Waals surface area contributed by atoms with E-state index in [9.17, 15) is 9.59 Å². The Kier molecular flexibility index (Phi) is 8.82. The van der Waals surface area contributed by atoms with Gasteiger partial charge in [0, 0.05) is 17.8 Å². The molecule has 0 saturated heterocycles. The second-order valence-corrected chi connectivity index (χ2v) is 6.33. The van der Waals surface area contributed by atoms with Crippen molar-refractivity contribution in [3.63, 3.8) is 0 Å². The van der Waals surface area contributed by atoms with Gasteiger partial charge >= 0.3 is 0 Å². The van der Waals surface area contributed by atoms with Crippen molar-refractivity contribution in [2.75, 3.05) is 11.9 Å². The molecular weight excluding hydrogens is 350 g/mol. The molecule has 2 rings (SSSR count). The first-order valence-corrected chi connectivity index (χ1v) is 8.46. The second-order valence-electron chi connectivity index (χ2n) is 6.33. The first-order valence-electron chi connectivity index (χ1n) is 8.46. The number of nitrogens with two attached hydrogens (primary N) is 1. The molecule has 0 fully saturated rings. The van der Waals surface area contributed by atoms with Gasteiger partial charge < -0.3 is 16.4 Å². The molecule has 0 unspecified atom stereocenters. The topological polar surface area (TPSA) is 84.2 Å². The highest BCUT2D eigenvalue weighted by Gasteiger charge is 2.17. The number of carbonyl (C=O) groups is 2. The summed E-state index contributed by atoms with van der Waals surface area (Å²) in [6, 6.07) is 16.2. The van der Waals surface area contributed by atoms with Crippen LogP contribution in [0.2, 0.25) is 0 Å². The van der Waals surface area contributed by atoms with Crippen LogP contribution in [-0.4, -0.2) is 24.4 Å². The SMILES string of the molecule is CC(C)[C@H](N)C(=O)Nc1ccc(C(=O)NCCc2ccccc2)cc1.Cl. The number of hydrogen-bond acceptors (Lipinski definition) is 3. The van der Waals surface area contributed by atoms with Gasteiger partial charge in [-0.25, -0.2) is 0 Å². The van der Waals surface area contributed by atoms with E-state index in [4.69, 9.17) is 5.73 Å². The summed E-state index contributed by atoms with van der Waals surface area (Å²) < 4.78 is 0. The van der Waals surface area contributed by atoms with E-state index >= 15 is 0 Å². The minimum Gasteiger partial charge on any atom is -0.352 e. The van der Waals surface area contributed by atoms with Crippen molar-refractivity contribution in [1.29, 1.82) is 0 Å². The Bertz CT molecular complexity index is 703. The highest BCUT2D eigenvalue weighted by atomic mass is 35.5. The minimum absolute atomic E-state index is 0. The average Bonchev–Trinajstić information content (AvgIpc) is 2.62. The Balaban J connectivity index is 0.00000338. The van der Waals surface area contributed by atoms with Crippen LogP contribution < -0.4 is 16.4 Å². The predicted octanol–water partition coefficient (Wildman–Crippen LogP) is 3.00. The van der Waals surface area contributed by atoms with Gasteiger partial charge in [-0.05, 0) is 42.2 Å². The van der Waals surface area contributed by atoms with E-state index < -0.39 is 6.04 Å². The Morgan fingerprint density at radius 3 is 2.19 bits per heavy atom. The zero-order chi connectivity index (χ0) is 18.2. The molecule has 140 valence electrons. The molecule has 0 radical (unpaired) electrons. The average molecular weight is 376 g/mol. The lowest BCUT2D eigenvalue weighted by molar-refractivity contribution is -0.118. The van der Waals surface area contributed by atoms with Crippen molar-refractivity contribution in [1.82, 2.24) is 5.32 Å². The monoisotopic (exact) mass is 375 g/mol. The fraction of sp³-hybridized carbons (Fsp3) is 0.300. The summed E-state index contributed by atoms with van der Waals surface area (Å²) in [6.45, 7) is 4.37. The molecular formula is C20H26ClN3O2. The maximum atomic E-state index is 12.1. The molecule has 2 aromatic carbocycles. The zero-order valence-electron chi connectivity index (χ0n) is 15.1. The molecule has 0 spiro atoms. The second kappa shape index (κ2) is 10.6. The van der Waals surface area contributed by atoms with Gasteiger partial charge in [0.25, 0.3) is 5.91 Å². The third-order valence-corrected chi connectivity index (χ3v) is 3.98. The fourth-order valence-electron chi connectivity index (χ4n) is 2.30. The van der Waals surface area contributed by atoms with Crippen LogP contribution in [0.5, 0.6) is 0 Å². The van der Waals surface area contributed by atoms with Crippen LogP contribution in [-0.2, 0) is 11.2 Å². The van der Waals surface area contributed by atoms with E-state index in [-0.39, 0.29) is 30.1 Å². The minimum atomic E-state index is -0.555. The predicted molar refractivity (Wildman–Crippen MR) is 108 cm³/mol. The number of nitrogens with one attached hydrogen (secondary N) is 2. The molecule has 0 aliphatic heterocycles. The Morgan fingerprint density at radius 1 is 1.00 bits per heavy atom.